The largest absolute Gasteiger partial charge is 0.352 e. The summed E-state index contributed by atoms with van der Waals surface area (Å²) in [4.78, 5) is 26.5. The van der Waals surface area contributed by atoms with Crippen molar-refractivity contribution in [3.63, 3.8) is 0 Å². The minimum absolute atomic E-state index is 0.0558. The first-order valence-corrected chi connectivity index (χ1v) is 8.15. The zero-order valence-electron chi connectivity index (χ0n) is 13.4. The monoisotopic (exact) mass is 345 g/mol. The minimum atomic E-state index is -2.54. The average Bonchev–Trinajstić information content (AvgIpc) is 3.20. The molecule has 3 aliphatic heterocycles. The summed E-state index contributed by atoms with van der Waals surface area (Å²) >= 11 is 0. The van der Waals surface area contributed by atoms with Crippen LogP contribution in [-0.2, 0) is 4.79 Å². The third-order valence-electron chi connectivity index (χ3n) is 4.90. The Balaban J connectivity index is 1.68. The highest BCUT2D eigenvalue weighted by Gasteiger charge is 2.50. The van der Waals surface area contributed by atoms with Crippen LogP contribution >= 0.6 is 0 Å². The van der Waals surface area contributed by atoms with Crippen molar-refractivity contribution < 1.29 is 18.4 Å². The van der Waals surface area contributed by atoms with Crippen LogP contribution in [0.25, 0.3) is 0 Å². The molecule has 3 unspecified atom stereocenters. The number of carbonyl (C=O) groups is 1. The van der Waals surface area contributed by atoms with Crippen molar-refractivity contribution in [2.45, 2.75) is 25.2 Å². The highest BCUT2D eigenvalue weighted by Crippen LogP contribution is 2.28. The van der Waals surface area contributed by atoms with E-state index < -0.39 is 6.55 Å². The van der Waals surface area contributed by atoms with Crippen molar-refractivity contribution in [2.24, 2.45) is 5.92 Å². The third kappa shape index (κ3) is 3.40. The Morgan fingerprint density at radius 2 is 2.21 bits per heavy atom. The number of fused-ring (bicyclic) bond motifs is 1. The molecule has 0 spiro atoms. The van der Waals surface area contributed by atoms with Gasteiger partial charge in [-0.1, -0.05) is 6.58 Å². The van der Waals surface area contributed by atoms with Crippen LogP contribution in [0.4, 0.5) is 8.78 Å². The van der Waals surface area contributed by atoms with Crippen molar-refractivity contribution >= 4 is 5.91 Å². The van der Waals surface area contributed by atoms with E-state index in [1.165, 1.54) is 6.08 Å². The van der Waals surface area contributed by atoms with Crippen molar-refractivity contribution in [1.29, 1.82) is 0 Å². The fourth-order valence-electron chi connectivity index (χ4n) is 3.73. The third-order valence-corrected chi connectivity index (χ3v) is 4.90. The summed E-state index contributed by atoms with van der Waals surface area (Å²) < 4.78 is 25.7. The van der Waals surface area contributed by atoms with Gasteiger partial charge < -0.3 is 5.32 Å². The molecule has 3 fully saturated rings. The first-order chi connectivity index (χ1) is 11.5. The van der Waals surface area contributed by atoms with Gasteiger partial charge in [-0.05, 0) is 6.08 Å². The van der Waals surface area contributed by atoms with Gasteiger partial charge in [0.25, 0.3) is 0 Å². The van der Waals surface area contributed by atoms with Crippen LogP contribution in [0.3, 0.4) is 0 Å². The van der Waals surface area contributed by atoms with Crippen LogP contribution in [0.15, 0.2) is 12.7 Å². The number of nitroso groups, excluding NO2 is 1. The van der Waals surface area contributed by atoms with E-state index in [1.54, 1.807) is 5.01 Å². The molecular formula is C14H23F2N6O2+. The average molecular weight is 345 g/mol. The van der Waals surface area contributed by atoms with Gasteiger partial charge in [0.2, 0.25) is 12.5 Å². The number of carbonyl (C=O) groups excluding carboxylic acids is 1. The van der Waals surface area contributed by atoms with Gasteiger partial charge >= 0.3 is 6.55 Å². The van der Waals surface area contributed by atoms with E-state index in [2.05, 4.69) is 22.2 Å². The van der Waals surface area contributed by atoms with E-state index >= 15 is 0 Å². The smallest absolute Gasteiger partial charge is 0.306 e. The number of halogens is 2. The van der Waals surface area contributed by atoms with E-state index in [1.807, 2.05) is 0 Å². The summed E-state index contributed by atoms with van der Waals surface area (Å²) in [6.07, 6.45) is 1.85. The van der Waals surface area contributed by atoms with E-state index in [9.17, 15) is 18.5 Å². The summed E-state index contributed by atoms with van der Waals surface area (Å²) in [6, 6.07) is -0.0871. The molecule has 0 bridgehead atoms. The lowest BCUT2D eigenvalue weighted by molar-refractivity contribution is -0.697. The Hall–Kier alpha value is -1.65. The molecule has 8 nitrogen and oxygen atoms in total. The second-order valence-corrected chi connectivity index (χ2v) is 6.43. The van der Waals surface area contributed by atoms with Crippen LogP contribution in [0, 0.1) is 10.8 Å². The molecular weight excluding hydrogens is 322 g/mol. The summed E-state index contributed by atoms with van der Waals surface area (Å²) in [5, 5.41) is 5.44. The fourth-order valence-corrected chi connectivity index (χ4v) is 3.73. The molecule has 0 aromatic heterocycles. The van der Waals surface area contributed by atoms with Gasteiger partial charge in [-0.15, -0.1) is 5.01 Å². The summed E-state index contributed by atoms with van der Waals surface area (Å²) in [7, 11) is 0. The highest BCUT2D eigenvalue weighted by atomic mass is 19.3. The van der Waals surface area contributed by atoms with Gasteiger partial charge in [0.1, 0.15) is 11.0 Å². The minimum Gasteiger partial charge on any atom is -0.352 e. The van der Waals surface area contributed by atoms with E-state index in [4.69, 9.17) is 0 Å². The quantitative estimate of drug-likeness (QED) is 0.392. The molecule has 0 aliphatic carbocycles. The molecule has 0 saturated carbocycles. The maximum Gasteiger partial charge on any atom is 0.306 e. The number of nitrogens with zero attached hydrogens (tertiary/aromatic N) is 4. The van der Waals surface area contributed by atoms with E-state index in [-0.39, 0.29) is 30.6 Å². The summed E-state index contributed by atoms with van der Waals surface area (Å²) in [5.74, 6) is -0.198. The highest BCUT2D eigenvalue weighted by molar-refractivity contribution is 5.86. The Bertz CT molecular complexity index is 519. The number of rotatable bonds is 5. The maximum atomic E-state index is 12.9. The molecule has 24 heavy (non-hydrogen) atoms. The van der Waals surface area contributed by atoms with Crippen LogP contribution in [0.5, 0.6) is 0 Å². The number of nitrogens with one attached hydrogen (secondary N) is 2. The fraction of sp³-hybridized carbons (Fsp3) is 0.786. The second-order valence-electron chi connectivity index (χ2n) is 6.43. The molecule has 3 heterocycles. The maximum absolute atomic E-state index is 12.9. The number of hydrogen-bond acceptors (Lipinski definition) is 5. The Kier molecular flexibility index (Phi) is 5.07. The first kappa shape index (κ1) is 17.2. The normalized spacial score (nSPS) is 31.5. The van der Waals surface area contributed by atoms with Crippen LogP contribution in [-0.4, -0.2) is 83.7 Å². The predicted molar refractivity (Wildman–Crippen MR) is 81.5 cm³/mol. The van der Waals surface area contributed by atoms with Gasteiger partial charge in [0.05, 0.1) is 17.9 Å². The standard InChI is InChI=1S/C14H22F2N6O2/c1-2-12(23)17-5-10-7-19(11-6-18-20(9-11)14(15)16)13-3-4-22(24)21(13)8-10/h2,10-11,13-14,18H,1,3-9H2/p+1. The van der Waals surface area contributed by atoms with Crippen molar-refractivity contribution in [2.75, 3.05) is 39.3 Å². The second kappa shape index (κ2) is 7.08. The number of amides is 1. The number of hydrazine groups is 2. The molecule has 0 aromatic carbocycles. The van der Waals surface area contributed by atoms with Gasteiger partial charge in [-0.25, -0.2) is 5.43 Å². The lowest BCUT2D eigenvalue weighted by Gasteiger charge is -2.42. The molecule has 2 N–H and O–H groups in total. The van der Waals surface area contributed by atoms with Crippen molar-refractivity contribution in [3.05, 3.63) is 17.6 Å². The van der Waals surface area contributed by atoms with E-state index in [0.717, 1.165) is 9.88 Å². The first-order valence-electron chi connectivity index (χ1n) is 8.15. The summed E-state index contributed by atoms with van der Waals surface area (Å²) in [6.45, 7) is 3.57. The molecule has 3 aliphatic rings. The van der Waals surface area contributed by atoms with Gasteiger partial charge in [0, 0.05) is 38.1 Å². The Morgan fingerprint density at radius 1 is 1.42 bits per heavy atom. The topological polar surface area (TPSA) is 70.9 Å². The van der Waals surface area contributed by atoms with Crippen LogP contribution < -0.4 is 10.7 Å². The van der Waals surface area contributed by atoms with E-state index in [0.29, 0.717) is 39.1 Å². The van der Waals surface area contributed by atoms with Gasteiger partial charge in [0.15, 0.2) is 0 Å². The van der Waals surface area contributed by atoms with Crippen LogP contribution in [0.1, 0.15) is 6.42 Å². The SMILES string of the molecule is C=CC(=O)NCC1CN(C2CNN(C(F)F)C2)C2CC[N+](=O)N2C1. The molecule has 3 atom stereocenters. The van der Waals surface area contributed by atoms with Gasteiger partial charge in [-0.2, -0.15) is 13.8 Å². The number of hydrogen-bond donors (Lipinski definition) is 2. The molecule has 3 saturated heterocycles. The van der Waals surface area contributed by atoms with Gasteiger partial charge in [-0.3, -0.25) is 9.69 Å². The zero-order valence-corrected chi connectivity index (χ0v) is 13.4. The molecule has 134 valence electrons. The Morgan fingerprint density at radius 3 is 2.88 bits per heavy atom. The van der Waals surface area contributed by atoms with Crippen molar-refractivity contribution in [3.8, 4) is 0 Å². The molecule has 1 amide bonds. The van der Waals surface area contributed by atoms with Crippen LogP contribution in [0.2, 0.25) is 0 Å². The summed E-state index contributed by atoms with van der Waals surface area (Å²) in [5.41, 5.74) is 2.72. The van der Waals surface area contributed by atoms with Crippen molar-refractivity contribution in [1.82, 2.24) is 25.7 Å². The number of alkyl halides is 2. The lowest BCUT2D eigenvalue weighted by Crippen LogP contribution is -2.61. The lowest BCUT2D eigenvalue weighted by atomic mass is 10.0. The molecule has 10 heteroatoms. The molecule has 0 radical (unpaired) electrons. The predicted octanol–water partition coefficient (Wildman–Crippen LogP) is -0.642. The molecule has 3 rings (SSSR count). The zero-order chi connectivity index (χ0) is 17.3. The Labute approximate surface area is 138 Å². The molecule has 0 aromatic rings.